The van der Waals surface area contributed by atoms with E-state index in [1.807, 2.05) is 0 Å². The fraction of sp³-hybridized carbons (Fsp3) is 0.714. The molecular weight excluding hydrogens is 217 g/mol. The zero-order valence-electron chi connectivity index (χ0n) is 7.56. The minimum absolute atomic E-state index is 0.192. The first-order chi connectivity index (χ1) is 6.88. The van der Waals surface area contributed by atoms with Gasteiger partial charge < -0.3 is 5.32 Å². The van der Waals surface area contributed by atoms with Crippen molar-refractivity contribution < 1.29 is 27.6 Å². The first-order valence-corrected chi connectivity index (χ1v) is 4.16. The molecular formula is C7H9F3N2O3. The van der Waals surface area contributed by atoms with Gasteiger partial charge in [0.25, 0.3) is 5.91 Å². The van der Waals surface area contributed by atoms with Crippen molar-refractivity contribution in [1.29, 1.82) is 0 Å². The Kier molecular flexibility index (Phi) is 3.51. The lowest BCUT2D eigenvalue weighted by Crippen LogP contribution is -2.42. The molecule has 0 bridgehead atoms. The number of hydrogen-bond acceptors (Lipinski definition) is 3. The van der Waals surface area contributed by atoms with Crippen LogP contribution in [0.5, 0.6) is 0 Å². The summed E-state index contributed by atoms with van der Waals surface area (Å²) in [6.45, 7) is -1.56. The highest BCUT2D eigenvalue weighted by atomic mass is 19.4. The van der Waals surface area contributed by atoms with Crippen LogP contribution >= 0.6 is 0 Å². The molecule has 1 saturated heterocycles. The highest BCUT2D eigenvalue weighted by Gasteiger charge is 2.30. The van der Waals surface area contributed by atoms with Crippen molar-refractivity contribution in [2.75, 3.05) is 6.61 Å². The van der Waals surface area contributed by atoms with Crippen molar-refractivity contribution in [2.24, 2.45) is 0 Å². The summed E-state index contributed by atoms with van der Waals surface area (Å²) in [5.41, 5.74) is 1.63. The van der Waals surface area contributed by atoms with Gasteiger partial charge in [0.15, 0.2) is 6.61 Å². The number of hydrogen-bond donors (Lipinski definition) is 2. The Bertz CT molecular complexity index is 267. The molecule has 0 aromatic rings. The Morgan fingerprint density at radius 2 is 2.27 bits per heavy atom. The third kappa shape index (κ3) is 4.15. The first kappa shape index (κ1) is 11.8. The van der Waals surface area contributed by atoms with Crippen LogP contribution in [0.4, 0.5) is 13.2 Å². The topological polar surface area (TPSA) is 67.4 Å². The lowest BCUT2D eigenvalue weighted by molar-refractivity contribution is -0.192. The molecule has 5 nitrogen and oxygen atoms in total. The van der Waals surface area contributed by atoms with E-state index in [-0.39, 0.29) is 18.7 Å². The molecule has 8 heteroatoms. The van der Waals surface area contributed by atoms with E-state index in [4.69, 9.17) is 0 Å². The maximum absolute atomic E-state index is 11.6. The second kappa shape index (κ2) is 4.47. The van der Waals surface area contributed by atoms with E-state index in [2.05, 4.69) is 10.2 Å². The molecule has 1 aliphatic heterocycles. The summed E-state index contributed by atoms with van der Waals surface area (Å²) in [7, 11) is 0. The molecule has 1 atom stereocenters. The predicted molar refractivity (Wildman–Crippen MR) is 41.3 cm³/mol. The van der Waals surface area contributed by atoms with Gasteiger partial charge in [-0.2, -0.15) is 13.2 Å². The van der Waals surface area contributed by atoms with E-state index >= 15 is 0 Å². The third-order valence-corrected chi connectivity index (χ3v) is 1.72. The molecule has 1 aliphatic rings. The summed E-state index contributed by atoms with van der Waals surface area (Å²) < 4.78 is 34.8. The number of alkyl halides is 3. The molecule has 0 radical (unpaired) electrons. The van der Waals surface area contributed by atoms with Gasteiger partial charge in [-0.25, -0.2) is 5.48 Å². The van der Waals surface area contributed by atoms with Crippen molar-refractivity contribution in [2.45, 2.75) is 25.1 Å². The predicted octanol–water partition coefficient (Wildman–Crippen LogP) is -0.125. The van der Waals surface area contributed by atoms with E-state index in [1.165, 1.54) is 0 Å². The summed E-state index contributed by atoms with van der Waals surface area (Å²) in [6, 6.07) is -0.800. The number of carbonyl (C=O) groups excluding carboxylic acids is 2. The fourth-order valence-electron chi connectivity index (χ4n) is 1.07. The molecule has 15 heavy (non-hydrogen) atoms. The highest BCUT2D eigenvalue weighted by Crippen LogP contribution is 2.13. The van der Waals surface area contributed by atoms with Crippen LogP contribution in [-0.2, 0) is 14.4 Å². The van der Waals surface area contributed by atoms with Crippen LogP contribution in [0.15, 0.2) is 0 Å². The van der Waals surface area contributed by atoms with Crippen molar-refractivity contribution in [3.63, 3.8) is 0 Å². The number of carbonyl (C=O) groups is 2. The molecule has 0 aliphatic carbocycles. The van der Waals surface area contributed by atoms with Crippen LogP contribution in [0.2, 0.25) is 0 Å². The SMILES string of the molecule is O=C1CC[C@H](C(=O)NOCC(F)(F)F)N1. The Labute approximate surface area is 82.9 Å². The Hall–Kier alpha value is -1.31. The molecule has 1 heterocycles. The normalized spacial score (nSPS) is 21.3. The average molecular weight is 226 g/mol. The summed E-state index contributed by atoms with van der Waals surface area (Å²) >= 11 is 0. The standard InChI is InChI=1S/C7H9F3N2O3/c8-7(9,10)3-15-12-6(14)4-1-2-5(13)11-4/h4H,1-3H2,(H,11,13)(H,12,14)/t4-/m1/s1. The summed E-state index contributed by atoms with van der Waals surface area (Å²) in [6.07, 6.45) is -4.04. The van der Waals surface area contributed by atoms with E-state index < -0.39 is 24.7 Å². The van der Waals surface area contributed by atoms with Crippen LogP contribution in [0.3, 0.4) is 0 Å². The third-order valence-electron chi connectivity index (χ3n) is 1.72. The van der Waals surface area contributed by atoms with E-state index in [9.17, 15) is 22.8 Å². The van der Waals surface area contributed by atoms with Crippen molar-refractivity contribution in [3.8, 4) is 0 Å². The van der Waals surface area contributed by atoms with Gasteiger partial charge in [-0.3, -0.25) is 14.4 Å². The second-order valence-corrected chi connectivity index (χ2v) is 3.03. The van der Waals surface area contributed by atoms with Crippen molar-refractivity contribution in [1.82, 2.24) is 10.8 Å². The lowest BCUT2D eigenvalue weighted by atomic mass is 10.2. The van der Waals surface area contributed by atoms with E-state index in [0.29, 0.717) is 0 Å². The van der Waals surface area contributed by atoms with Crippen molar-refractivity contribution >= 4 is 11.8 Å². The van der Waals surface area contributed by atoms with Gasteiger partial charge in [0.1, 0.15) is 6.04 Å². The van der Waals surface area contributed by atoms with Gasteiger partial charge in [-0.05, 0) is 6.42 Å². The van der Waals surface area contributed by atoms with Crippen LogP contribution in [0.1, 0.15) is 12.8 Å². The minimum Gasteiger partial charge on any atom is -0.344 e. The summed E-state index contributed by atoms with van der Waals surface area (Å²) in [5, 5.41) is 2.29. The smallest absolute Gasteiger partial charge is 0.344 e. The molecule has 1 rings (SSSR count). The number of halogens is 3. The summed E-state index contributed by atoms with van der Waals surface area (Å²) in [4.78, 5) is 25.7. The van der Waals surface area contributed by atoms with Crippen LogP contribution in [0.25, 0.3) is 0 Å². The first-order valence-electron chi connectivity index (χ1n) is 4.16. The van der Waals surface area contributed by atoms with Gasteiger partial charge in [-0.1, -0.05) is 0 Å². The molecule has 2 N–H and O–H groups in total. The quantitative estimate of drug-likeness (QED) is 0.659. The molecule has 86 valence electrons. The maximum atomic E-state index is 11.6. The number of amides is 2. The minimum atomic E-state index is -4.49. The monoisotopic (exact) mass is 226 g/mol. The van der Waals surface area contributed by atoms with Crippen LogP contribution in [-0.4, -0.2) is 30.6 Å². The van der Waals surface area contributed by atoms with Gasteiger partial charge in [-0.15, -0.1) is 0 Å². The molecule has 0 unspecified atom stereocenters. The number of hydroxylamine groups is 1. The second-order valence-electron chi connectivity index (χ2n) is 3.03. The zero-order chi connectivity index (χ0) is 11.5. The number of nitrogens with one attached hydrogen (secondary N) is 2. The van der Waals surface area contributed by atoms with E-state index in [0.717, 1.165) is 0 Å². The van der Waals surface area contributed by atoms with Gasteiger partial charge >= 0.3 is 6.18 Å². The highest BCUT2D eigenvalue weighted by molar-refractivity contribution is 5.90. The Morgan fingerprint density at radius 1 is 1.60 bits per heavy atom. The van der Waals surface area contributed by atoms with Crippen LogP contribution in [0, 0.1) is 0 Å². The molecule has 0 aromatic carbocycles. The summed E-state index contributed by atoms with van der Waals surface area (Å²) in [5.74, 6) is -1.07. The van der Waals surface area contributed by atoms with Gasteiger partial charge in [0, 0.05) is 6.42 Å². The molecule has 0 saturated carbocycles. The Morgan fingerprint density at radius 3 is 2.73 bits per heavy atom. The van der Waals surface area contributed by atoms with E-state index in [1.54, 1.807) is 5.48 Å². The number of rotatable bonds is 3. The average Bonchev–Trinajstić information content (AvgIpc) is 2.49. The molecule has 0 spiro atoms. The van der Waals surface area contributed by atoms with Crippen LogP contribution < -0.4 is 10.8 Å². The zero-order valence-corrected chi connectivity index (χ0v) is 7.56. The Balaban J connectivity index is 2.22. The molecule has 0 aromatic heterocycles. The molecule has 2 amide bonds. The maximum Gasteiger partial charge on any atom is 0.414 e. The van der Waals surface area contributed by atoms with Crippen molar-refractivity contribution in [3.05, 3.63) is 0 Å². The largest absolute Gasteiger partial charge is 0.414 e. The molecule has 1 fully saturated rings. The van der Waals surface area contributed by atoms with Gasteiger partial charge in [0.05, 0.1) is 0 Å². The fourth-order valence-corrected chi connectivity index (χ4v) is 1.07. The van der Waals surface area contributed by atoms with Gasteiger partial charge in [0.2, 0.25) is 5.91 Å². The lowest BCUT2D eigenvalue weighted by Gasteiger charge is -2.11.